The molecule has 1 heterocycles. The molecule has 3 nitrogen and oxygen atoms in total. The molecule has 6 heteroatoms. The van der Waals surface area contributed by atoms with Crippen molar-refractivity contribution in [2.24, 2.45) is 7.05 Å². The summed E-state index contributed by atoms with van der Waals surface area (Å²) in [6.45, 7) is 2.66. The van der Waals surface area contributed by atoms with Crippen LogP contribution < -0.4 is 5.32 Å². The smallest absolute Gasteiger partial charge is 0.313 e. The zero-order valence-corrected chi connectivity index (χ0v) is 8.02. The van der Waals surface area contributed by atoms with Crippen LogP contribution in [0.25, 0.3) is 0 Å². The number of hydrogen-bond donors (Lipinski definition) is 1. The molecule has 0 spiro atoms. The number of rotatable bonds is 3. The molecule has 0 saturated carbocycles. The lowest BCUT2D eigenvalue weighted by molar-refractivity contribution is -0.144. The second-order valence-corrected chi connectivity index (χ2v) is 2.92. The fraction of sp³-hybridized carbons (Fsp3) is 0.625. The van der Waals surface area contributed by atoms with Crippen molar-refractivity contribution in [3.8, 4) is 0 Å². The van der Waals surface area contributed by atoms with Crippen molar-refractivity contribution in [2.45, 2.75) is 19.6 Å². The number of nitrogens with one attached hydrogen (secondary N) is 1. The monoisotopic (exact) mass is 207 g/mol. The van der Waals surface area contributed by atoms with Gasteiger partial charge in [-0.2, -0.15) is 18.3 Å². The zero-order valence-electron chi connectivity index (χ0n) is 8.02. The number of hydrogen-bond acceptors (Lipinski definition) is 2. The van der Waals surface area contributed by atoms with E-state index in [1.807, 2.05) is 6.92 Å². The minimum Gasteiger partial charge on any atom is -0.313 e. The lowest BCUT2D eigenvalue weighted by Crippen LogP contribution is -2.18. The van der Waals surface area contributed by atoms with Gasteiger partial charge in [-0.15, -0.1) is 0 Å². The summed E-state index contributed by atoms with van der Waals surface area (Å²) in [6.07, 6.45) is -3.10. The van der Waals surface area contributed by atoms with E-state index < -0.39 is 11.9 Å². The first-order chi connectivity index (χ1) is 6.46. The average Bonchev–Trinajstić information content (AvgIpc) is 2.42. The number of aromatic nitrogens is 2. The van der Waals surface area contributed by atoms with Gasteiger partial charge >= 0.3 is 6.18 Å². The van der Waals surface area contributed by atoms with Crippen LogP contribution >= 0.6 is 0 Å². The van der Waals surface area contributed by atoms with Crippen LogP contribution in [0.2, 0.25) is 0 Å². The molecule has 1 aromatic rings. The van der Waals surface area contributed by atoms with E-state index in [4.69, 9.17) is 0 Å². The van der Waals surface area contributed by atoms with Gasteiger partial charge in [0.05, 0.1) is 6.20 Å². The van der Waals surface area contributed by atoms with Crippen LogP contribution in [0.5, 0.6) is 0 Å². The Kier molecular flexibility index (Phi) is 3.15. The van der Waals surface area contributed by atoms with E-state index in [-0.39, 0.29) is 12.1 Å². The molecule has 0 aliphatic heterocycles. The normalized spacial score (nSPS) is 12.1. The van der Waals surface area contributed by atoms with E-state index >= 15 is 0 Å². The summed E-state index contributed by atoms with van der Waals surface area (Å²) in [7, 11) is 1.29. The largest absolute Gasteiger partial charge is 0.433 e. The van der Waals surface area contributed by atoms with E-state index in [9.17, 15) is 13.2 Å². The summed E-state index contributed by atoms with van der Waals surface area (Å²) < 4.78 is 38.3. The van der Waals surface area contributed by atoms with E-state index in [0.717, 1.165) is 4.68 Å². The first kappa shape index (κ1) is 11.0. The van der Waals surface area contributed by atoms with E-state index in [1.54, 1.807) is 0 Å². The predicted molar refractivity (Wildman–Crippen MR) is 45.6 cm³/mol. The number of alkyl halides is 3. The van der Waals surface area contributed by atoms with Gasteiger partial charge in [-0.3, -0.25) is 4.68 Å². The van der Waals surface area contributed by atoms with Gasteiger partial charge in [0.25, 0.3) is 0 Å². The minimum absolute atomic E-state index is 0.182. The van der Waals surface area contributed by atoms with Crippen LogP contribution in [0, 0.1) is 0 Å². The molecule has 1 aromatic heterocycles. The van der Waals surface area contributed by atoms with Crippen LogP contribution in [-0.2, 0) is 19.8 Å². The summed E-state index contributed by atoms with van der Waals surface area (Å²) in [5, 5.41) is 6.43. The maximum atomic E-state index is 12.5. The van der Waals surface area contributed by atoms with Crippen LogP contribution in [0.15, 0.2) is 6.20 Å². The average molecular weight is 207 g/mol. The van der Waals surface area contributed by atoms with Crippen LogP contribution in [0.3, 0.4) is 0 Å². The molecule has 0 amide bonds. The third kappa shape index (κ3) is 2.25. The fourth-order valence-electron chi connectivity index (χ4n) is 1.24. The quantitative estimate of drug-likeness (QED) is 0.814. The minimum atomic E-state index is -4.34. The Labute approximate surface area is 79.9 Å². The van der Waals surface area contributed by atoms with Gasteiger partial charge in [0.15, 0.2) is 0 Å². The first-order valence-electron chi connectivity index (χ1n) is 4.25. The van der Waals surface area contributed by atoms with E-state index in [2.05, 4.69) is 10.4 Å². The summed E-state index contributed by atoms with van der Waals surface area (Å²) >= 11 is 0. The van der Waals surface area contributed by atoms with Crippen molar-refractivity contribution in [1.82, 2.24) is 15.1 Å². The molecule has 0 unspecified atom stereocenters. The molecule has 0 aliphatic rings. The first-order valence-corrected chi connectivity index (χ1v) is 4.25. The van der Waals surface area contributed by atoms with Crippen molar-refractivity contribution in [3.05, 3.63) is 17.5 Å². The molecule has 0 fully saturated rings. The van der Waals surface area contributed by atoms with Gasteiger partial charge in [-0.05, 0) is 6.54 Å². The Morgan fingerprint density at radius 1 is 1.50 bits per heavy atom. The van der Waals surface area contributed by atoms with E-state index in [1.165, 1.54) is 13.2 Å². The molecule has 14 heavy (non-hydrogen) atoms. The van der Waals surface area contributed by atoms with Crippen molar-refractivity contribution < 1.29 is 13.2 Å². The maximum absolute atomic E-state index is 12.5. The molecule has 0 radical (unpaired) electrons. The van der Waals surface area contributed by atoms with Crippen molar-refractivity contribution >= 4 is 0 Å². The lowest BCUT2D eigenvalue weighted by Gasteiger charge is -2.09. The Bertz CT molecular complexity index is 303. The second kappa shape index (κ2) is 4.00. The molecule has 1 rings (SSSR count). The fourth-order valence-corrected chi connectivity index (χ4v) is 1.24. The zero-order chi connectivity index (χ0) is 10.8. The number of nitrogens with zero attached hydrogens (tertiary/aromatic N) is 2. The molecule has 1 N–H and O–H groups in total. The van der Waals surface area contributed by atoms with Gasteiger partial charge in [-0.1, -0.05) is 6.92 Å². The van der Waals surface area contributed by atoms with Crippen LogP contribution in [-0.4, -0.2) is 16.3 Å². The number of halogens is 3. The molecule has 0 atom stereocenters. The predicted octanol–water partition coefficient (Wildman–Crippen LogP) is 1.55. The van der Waals surface area contributed by atoms with Crippen molar-refractivity contribution in [3.63, 3.8) is 0 Å². The third-order valence-electron chi connectivity index (χ3n) is 1.85. The standard InChI is InChI=1S/C8H12F3N3/c1-3-12-4-6-5-13-14(2)7(6)8(9,10)11/h5,12H,3-4H2,1-2H3. The van der Waals surface area contributed by atoms with Gasteiger partial charge in [-0.25, -0.2) is 0 Å². The molecule has 0 aliphatic carbocycles. The molecular weight excluding hydrogens is 195 g/mol. The van der Waals surface area contributed by atoms with Gasteiger partial charge < -0.3 is 5.32 Å². The summed E-state index contributed by atoms with van der Waals surface area (Å²) in [5.41, 5.74) is -0.500. The Balaban J connectivity index is 2.95. The van der Waals surface area contributed by atoms with Crippen molar-refractivity contribution in [1.29, 1.82) is 0 Å². The highest BCUT2D eigenvalue weighted by Gasteiger charge is 2.36. The van der Waals surface area contributed by atoms with Crippen molar-refractivity contribution in [2.75, 3.05) is 6.54 Å². The van der Waals surface area contributed by atoms with Gasteiger partial charge in [0.1, 0.15) is 5.69 Å². The Morgan fingerprint density at radius 3 is 2.64 bits per heavy atom. The van der Waals surface area contributed by atoms with Crippen LogP contribution in [0.1, 0.15) is 18.2 Å². The molecule has 0 aromatic carbocycles. The summed E-state index contributed by atoms with van der Waals surface area (Å²) in [6, 6.07) is 0. The van der Waals surface area contributed by atoms with Gasteiger partial charge in [0.2, 0.25) is 0 Å². The summed E-state index contributed by atoms with van der Waals surface area (Å²) in [4.78, 5) is 0. The molecule has 80 valence electrons. The summed E-state index contributed by atoms with van der Waals surface area (Å²) in [5.74, 6) is 0. The molecular formula is C8H12F3N3. The molecule has 0 bridgehead atoms. The SMILES string of the molecule is CCNCc1cnn(C)c1C(F)(F)F. The Hall–Kier alpha value is -1.04. The topological polar surface area (TPSA) is 29.9 Å². The highest BCUT2D eigenvalue weighted by Crippen LogP contribution is 2.31. The second-order valence-electron chi connectivity index (χ2n) is 2.92. The highest BCUT2D eigenvalue weighted by molar-refractivity contribution is 5.20. The highest BCUT2D eigenvalue weighted by atomic mass is 19.4. The third-order valence-corrected chi connectivity index (χ3v) is 1.85. The van der Waals surface area contributed by atoms with Crippen LogP contribution in [0.4, 0.5) is 13.2 Å². The molecule has 0 saturated heterocycles. The Morgan fingerprint density at radius 2 is 2.14 bits per heavy atom. The van der Waals surface area contributed by atoms with Gasteiger partial charge in [0, 0.05) is 19.2 Å². The van der Waals surface area contributed by atoms with E-state index in [0.29, 0.717) is 6.54 Å². The maximum Gasteiger partial charge on any atom is 0.433 e. The lowest BCUT2D eigenvalue weighted by atomic mass is 10.2. The number of aryl methyl sites for hydroxylation is 1.